The Morgan fingerprint density at radius 1 is 1.35 bits per heavy atom. The average Bonchev–Trinajstić information content (AvgIpc) is 3.14. The number of hydrogen-bond donors (Lipinski definition) is 1. The Kier molecular flexibility index (Phi) is 3.51. The molecule has 0 heterocycles. The molecule has 1 saturated carbocycles. The Morgan fingerprint density at radius 2 is 2.00 bits per heavy atom. The fraction of sp³-hybridized carbons (Fsp3) is 0.500. The Bertz CT molecular complexity index is 495. The van der Waals surface area contributed by atoms with Crippen molar-refractivity contribution in [3.8, 4) is 0 Å². The first-order valence-electron chi connectivity index (χ1n) is 5.91. The van der Waals surface area contributed by atoms with Crippen molar-refractivity contribution in [2.24, 2.45) is 5.73 Å². The molecule has 17 heavy (non-hydrogen) atoms. The molecule has 0 bridgehead atoms. The van der Waals surface area contributed by atoms with E-state index >= 15 is 0 Å². The smallest absolute Gasteiger partial charge is 0.243 e. The van der Waals surface area contributed by atoms with Crippen LogP contribution in [0.3, 0.4) is 0 Å². The zero-order chi connectivity index (χ0) is 12.5. The van der Waals surface area contributed by atoms with Gasteiger partial charge in [-0.3, -0.25) is 0 Å². The van der Waals surface area contributed by atoms with Crippen LogP contribution in [0.15, 0.2) is 29.2 Å². The summed E-state index contributed by atoms with van der Waals surface area (Å²) in [6.07, 6.45) is 1.94. The van der Waals surface area contributed by atoms with Crippen molar-refractivity contribution >= 4 is 10.0 Å². The standard InChI is InChI=1S/C12H18N2O2S/c1-2-14(11-7-8-11)17(15,16)12-6-4-3-5-10(12)9-13/h3-6,11H,2,7-9,13H2,1H3. The van der Waals surface area contributed by atoms with Gasteiger partial charge in [0.05, 0.1) is 4.90 Å². The maximum Gasteiger partial charge on any atom is 0.243 e. The summed E-state index contributed by atoms with van der Waals surface area (Å²) < 4.78 is 26.6. The Morgan fingerprint density at radius 3 is 2.53 bits per heavy atom. The van der Waals surface area contributed by atoms with Gasteiger partial charge in [0.1, 0.15) is 0 Å². The van der Waals surface area contributed by atoms with Crippen LogP contribution in [-0.4, -0.2) is 25.3 Å². The van der Waals surface area contributed by atoms with Crippen LogP contribution >= 0.6 is 0 Å². The molecule has 0 spiro atoms. The molecule has 1 aromatic carbocycles. The van der Waals surface area contributed by atoms with E-state index in [1.165, 1.54) is 0 Å². The van der Waals surface area contributed by atoms with Crippen molar-refractivity contribution in [1.29, 1.82) is 0 Å². The van der Waals surface area contributed by atoms with Gasteiger partial charge < -0.3 is 5.73 Å². The lowest BCUT2D eigenvalue weighted by molar-refractivity contribution is 0.420. The minimum Gasteiger partial charge on any atom is -0.326 e. The highest BCUT2D eigenvalue weighted by atomic mass is 32.2. The third kappa shape index (κ3) is 2.36. The summed E-state index contributed by atoms with van der Waals surface area (Å²) in [6, 6.07) is 7.16. The van der Waals surface area contributed by atoms with Gasteiger partial charge >= 0.3 is 0 Å². The van der Waals surface area contributed by atoms with Crippen LogP contribution in [0.2, 0.25) is 0 Å². The van der Waals surface area contributed by atoms with E-state index in [2.05, 4.69) is 0 Å². The van der Waals surface area contributed by atoms with Gasteiger partial charge in [-0.2, -0.15) is 4.31 Å². The highest BCUT2D eigenvalue weighted by Gasteiger charge is 2.37. The lowest BCUT2D eigenvalue weighted by atomic mass is 10.2. The van der Waals surface area contributed by atoms with Gasteiger partial charge in [-0.25, -0.2) is 8.42 Å². The lowest BCUT2D eigenvalue weighted by Crippen LogP contribution is -2.33. The SMILES string of the molecule is CCN(C1CC1)S(=O)(=O)c1ccccc1CN. The predicted molar refractivity (Wildman–Crippen MR) is 66.9 cm³/mol. The van der Waals surface area contributed by atoms with E-state index in [4.69, 9.17) is 5.73 Å². The minimum atomic E-state index is -3.38. The number of rotatable bonds is 5. The predicted octanol–water partition coefficient (Wildman–Crippen LogP) is 1.32. The first kappa shape index (κ1) is 12.5. The molecule has 2 N–H and O–H groups in total. The molecule has 0 unspecified atom stereocenters. The molecular weight excluding hydrogens is 236 g/mol. The van der Waals surface area contributed by atoms with Crippen molar-refractivity contribution in [1.82, 2.24) is 4.31 Å². The van der Waals surface area contributed by atoms with E-state index in [-0.39, 0.29) is 12.6 Å². The van der Waals surface area contributed by atoms with Crippen molar-refractivity contribution < 1.29 is 8.42 Å². The first-order valence-corrected chi connectivity index (χ1v) is 7.35. The second kappa shape index (κ2) is 4.76. The molecule has 0 aromatic heterocycles. The van der Waals surface area contributed by atoms with Gasteiger partial charge in [-0.15, -0.1) is 0 Å². The van der Waals surface area contributed by atoms with Crippen molar-refractivity contribution in [3.05, 3.63) is 29.8 Å². The first-order chi connectivity index (χ1) is 8.11. The number of nitrogens with zero attached hydrogens (tertiary/aromatic N) is 1. The fourth-order valence-electron chi connectivity index (χ4n) is 2.04. The molecule has 1 aromatic rings. The summed E-state index contributed by atoms with van der Waals surface area (Å²) in [5, 5.41) is 0. The molecular formula is C12H18N2O2S. The molecule has 0 radical (unpaired) electrons. The zero-order valence-electron chi connectivity index (χ0n) is 9.96. The second-order valence-electron chi connectivity index (χ2n) is 4.25. The van der Waals surface area contributed by atoms with E-state index in [0.29, 0.717) is 17.0 Å². The Balaban J connectivity index is 2.42. The third-order valence-corrected chi connectivity index (χ3v) is 5.17. The largest absolute Gasteiger partial charge is 0.326 e. The molecule has 94 valence electrons. The normalized spacial score (nSPS) is 16.4. The van der Waals surface area contributed by atoms with Crippen LogP contribution in [0.1, 0.15) is 25.3 Å². The zero-order valence-corrected chi connectivity index (χ0v) is 10.8. The fourth-order valence-corrected chi connectivity index (χ4v) is 3.97. The van der Waals surface area contributed by atoms with Crippen LogP contribution in [0, 0.1) is 0 Å². The molecule has 4 nitrogen and oxygen atoms in total. The van der Waals surface area contributed by atoms with E-state index in [1.807, 2.05) is 13.0 Å². The van der Waals surface area contributed by atoms with Crippen LogP contribution in [0.25, 0.3) is 0 Å². The van der Waals surface area contributed by atoms with Crippen LogP contribution < -0.4 is 5.73 Å². The Hall–Kier alpha value is -0.910. The van der Waals surface area contributed by atoms with Crippen LogP contribution in [0.5, 0.6) is 0 Å². The molecule has 2 rings (SSSR count). The quantitative estimate of drug-likeness (QED) is 0.862. The number of hydrogen-bond acceptors (Lipinski definition) is 3. The van der Waals surface area contributed by atoms with E-state index in [9.17, 15) is 8.42 Å². The summed E-state index contributed by atoms with van der Waals surface area (Å²) in [5.41, 5.74) is 6.28. The topological polar surface area (TPSA) is 63.4 Å². The van der Waals surface area contributed by atoms with Crippen molar-refractivity contribution in [2.75, 3.05) is 6.54 Å². The number of benzene rings is 1. The van der Waals surface area contributed by atoms with Gasteiger partial charge in [0.25, 0.3) is 0 Å². The van der Waals surface area contributed by atoms with Gasteiger partial charge in [0.15, 0.2) is 0 Å². The van der Waals surface area contributed by atoms with Gasteiger partial charge in [0, 0.05) is 19.1 Å². The summed E-state index contributed by atoms with van der Waals surface area (Å²) in [7, 11) is -3.38. The minimum absolute atomic E-state index is 0.191. The highest BCUT2D eigenvalue weighted by molar-refractivity contribution is 7.89. The monoisotopic (exact) mass is 254 g/mol. The van der Waals surface area contributed by atoms with Gasteiger partial charge in [0.2, 0.25) is 10.0 Å². The second-order valence-corrected chi connectivity index (χ2v) is 6.11. The van der Waals surface area contributed by atoms with Crippen molar-refractivity contribution in [3.63, 3.8) is 0 Å². The summed E-state index contributed by atoms with van der Waals surface area (Å²) in [5.74, 6) is 0. The summed E-state index contributed by atoms with van der Waals surface area (Å²) >= 11 is 0. The molecule has 5 heteroatoms. The molecule has 1 aliphatic rings. The molecule has 0 saturated heterocycles. The van der Waals surface area contributed by atoms with Crippen LogP contribution in [0.4, 0.5) is 0 Å². The van der Waals surface area contributed by atoms with Gasteiger partial charge in [-0.1, -0.05) is 25.1 Å². The molecule has 1 fully saturated rings. The van der Waals surface area contributed by atoms with Gasteiger partial charge in [-0.05, 0) is 24.5 Å². The van der Waals surface area contributed by atoms with E-state index < -0.39 is 10.0 Å². The molecule has 1 aliphatic carbocycles. The number of sulfonamides is 1. The highest BCUT2D eigenvalue weighted by Crippen LogP contribution is 2.32. The van der Waals surface area contributed by atoms with Crippen molar-refractivity contribution in [2.45, 2.75) is 37.2 Å². The number of nitrogens with two attached hydrogens (primary N) is 1. The Labute approximate surface area is 102 Å². The maximum absolute atomic E-state index is 12.5. The van der Waals surface area contributed by atoms with E-state index in [1.54, 1.807) is 22.5 Å². The molecule has 0 aliphatic heterocycles. The summed E-state index contributed by atoms with van der Waals surface area (Å²) in [4.78, 5) is 0.358. The third-order valence-electron chi connectivity index (χ3n) is 3.04. The molecule has 0 atom stereocenters. The molecule has 0 amide bonds. The van der Waals surface area contributed by atoms with E-state index in [0.717, 1.165) is 12.8 Å². The average molecular weight is 254 g/mol. The van der Waals surface area contributed by atoms with Crippen LogP contribution in [-0.2, 0) is 16.6 Å². The maximum atomic E-state index is 12.5. The summed E-state index contributed by atoms with van der Waals surface area (Å²) in [6.45, 7) is 2.64. The lowest BCUT2D eigenvalue weighted by Gasteiger charge is -2.21.